The van der Waals surface area contributed by atoms with E-state index in [1.165, 1.54) is 12.8 Å². The van der Waals surface area contributed by atoms with Gasteiger partial charge in [-0.2, -0.15) is 0 Å². The van der Waals surface area contributed by atoms with Crippen molar-refractivity contribution in [2.75, 3.05) is 18.4 Å². The summed E-state index contributed by atoms with van der Waals surface area (Å²) in [6, 6.07) is 15.8. The molecule has 1 saturated heterocycles. The van der Waals surface area contributed by atoms with Gasteiger partial charge in [0.15, 0.2) is 0 Å². The molecule has 2 aliphatic rings. The predicted octanol–water partition coefficient (Wildman–Crippen LogP) is 5.06. The van der Waals surface area contributed by atoms with Crippen molar-refractivity contribution in [1.29, 1.82) is 0 Å². The van der Waals surface area contributed by atoms with E-state index in [2.05, 4.69) is 24.4 Å². The van der Waals surface area contributed by atoms with Crippen molar-refractivity contribution in [1.82, 2.24) is 9.80 Å². The summed E-state index contributed by atoms with van der Waals surface area (Å²) in [5.41, 5.74) is 3.25. The number of para-hydroxylation sites is 1. The van der Waals surface area contributed by atoms with Crippen LogP contribution in [0, 0.1) is 12.8 Å². The molecule has 1 N–H and O–H groups in total. The molecule has 1 unspecified atom stereocenters. The minimum atomic E-state index is -0.136. The summed E-state index contributed by atoms with van der Waals surface area (Å²) in [6.07, 6.45) is 4.43. The topological polar surface area (TPSA) is 52.7 Å². The molecule has 0 spiro atoms. The summed E-state index contributed by atoms with van der Waals surface area (Å²) in [6.45, 7) is 6.22. The normalized spacial score (nSPS) is 16.9. The molecule has 4 rings (SSSR count). The number of amides is 3. The molecule has 1 aliphatic carbocycles. The van der Waals surface area contributed by atoms with Crippen molar-refractivity contribution < 1.29 is 9.59 Å². The first kappa shape index (κ1) is 20.5. The van der Waals surface area contributed by atoms with E-state index >= 15 is 0 Å². The maximum atomic E-state index is 13.4. The lowest BCUT2D eigenvalue weighted by atomic mass is 10.1. The van der Waals surface area contributed by atoms with Gasteiger partial charge in [-0.3, -0.25) is 4.79 Å². The van der Waals surface area contributed by atoms with Crippen LogP contribution in [0.25, 0.3) is 0 Å². The van der Waals surface area contributed by atoms with Gasteiger partial charge in [-0.05, 0) is 62.6 Å². The lowest BCUT2D eigenvalue weighted by Gasteiger charge is -2.30. The zero-order chi connectivity index (χ0) is 21.1. The minimum absolute atomic E-state index is 0.0105. The Bertz CT molecular complexity index is 902. The SMILES string of the molecule is Cc1cccc(C(=O)N2CCCC2)c1NC(=O)N(Cc1ccccc1)C(C)C1CC1. The first-order chi connectivity index (χ1) is 14.5. The molecule has 2 aromatic carbocycles. The first-order valence-corrected chi connectivity index (χ1v) is 11.0. The number of hydrogen-bond donors (Lipinski definition) is 1. The Morgan fingerprint density at radius 1 is 1.07 bits per heavy atom. The van der Waals surface area contributed by atoms with E-state index < -0.39 is 0 Å². The molecule has 1 saturated carbocycles. The predicted molar refractivity (Wildman–Crippen MR) is 120 cm³/mol. The van der Waals surface area contributed by atoms with E-state index in [9.17, 15) is 9.59 Å². The molecule has 158 valence electrons. The number of carbonyl (C=O) groups is 2. The van der Waals surface area contributed by atoms with Crippen molar-refractivity contribution in [2.24, 2.45) is 5.92 Å². The van der Waals surface area contributed by atoms with Crippen LogP contribution in [0.1, 0.15) is 54.1 Å². The molecule has 2 aromatic rings. The molecule has 0 aromatic heterocycles. The lowest BCUT2D eigenvalue weighted by Crippen LogP contribution is -2.42. The number of hydrogen-bond acceptors (Lipinski definition) is 2. The van der Waals surface area contributed by atoms with E-state index in [1.807, 2.05) is 53.1 Å². The van der Waals surface area contributed by atoms with Gasteiger partial charge >= 0.3 is 6.03 Å². The Labute approximate surface area is 179 Å². The van der Waals surface area contributed by atoms with Gasteiger partial charge in [-0.15, -0.1) is 0 Å². The van der Waals surface area contributed by atoms with Gasteiger partial charge < -0.3 is 15.1 Å². The van der Waals surface area contributed by atoms with Gasteiger partial charge in [0.25, 0.3) is 5.91 Å². The highest BCUT2D eigenvalue weighted by molar-refractivity contribution is 6.04. The Morgan fingerprint density at radius 3 is 2.43 bits per heavy atom. The molecule has 1 atom stereocenters. The van der Waals surface area contributed by atoms with Crippen molar-refractivity contribution in [2.45, 2.75) is 52.1 Å². The van der Waals surface area contributed by atoms with E-state index in [1.54, 1.807) is 0 Å². The Hall–Kier alpha value is -2.82. The van der Waals surface area contributed by atoms with Crippen LogP contribution in [-0.2, 0) is 6.54 Å². The summed E-state index contributed by atoms with van der Waals surface area (Å²) in [4.78, 5) is 30.3. The standard InChI is InChI=1S/C25H31N3O2/c1-18-9-8-12-22(24(29)27-15-6-7-16-27)23(18)26-25(30)28(19(2)21-13-14-21)17-20-10-4-3-5-11-20/h3-5,8-12,19,21H,6-7,13-17H2,1-2H3,(H,26,30). The number of anilines is 1. The fourth-order valence-electron chi connectivity index (χ4n) is 4.30. The third-order valence-electron chi connectivity index (χ3n) is 6.38. The number of aryl methyl sites for hydroxylation is 1. The molecular formula is C25H31N3O2. The van der Waals surface area contributed by atoms with Gasteiger partial charge in [0.05, 0.1) is 11.3 Å². The second-order valence-electron chi connectivity index (χ2n) is 8.62. The molecule has 0 bridgehead atoms. The fraction of sp³-hybridized carbons (Fsp3) is 0.440. The van der Waals surface area contributed by atoms with Gasteiger partial charge in [-0.1, -0.05) is 42.5 Å². The smallest absolute Gasteiger partial charge is 0.322 e. The fourth-order valence-corrected chi connectivity index (χ4v) is 4.30. The third kappa shape index (κ3) is 4.50. The maximum absolute atomic E-state index is 13.4. The molecule has 1 aliphatic heterocycles. The van der Waals surface area contributed by atoms with E-state index in [0.29, 0.717) is 23.7 Å². The molecular weight excluding hydrogens is 374 g/mol. The van der Waals surface area contributed by atoms with Crippen LogP contribution in [0.5, 0.6) is 0 Å². The minimum Gasteiger partial charge on any atom is -0.339 e. The number of nitrogens with zero attached hydrogens (tertiary/aromatic N) is 2. The number of benzene rings is 2. The number of carbonyl (C=O) groups excluding carboxylic acids is 2. The molecule has 1 heterocycles. The van der Waals surface area contributed by atoms with Crippen LogP contribution in [0.4, 0.5) is 10.5 Å². The highest BCUT2D eigenvalue weighted by atomic mass is 16.2. The number of rotatable bonds is 6. The highest BCUT2D eigenvalue weighted by Gasteiger charge is 2.35. The molecule has 5 heteroatoms. The van der Waals surface area contributed by atoms with Crippen LogP contribution < -0.4 is 5.32 Å². The first-order valence-electron chi connectivity index (χ1n) is 11.0. The lowest BCUT2D eigenvalue weighted by molar-refractivity contribution is 0.0793. The molecule has 5 nitrogen and oxygen atoms in total. The molecule has 2 fully saturated rings. The van der Waals surface area contributed by atoms with Crippen molar-refractivity contribution >= 4 is 17.6 Å². The van der Waals surface area contributed by atoms with Gasteiger partial charge in [0, 0.05) is 25.7 Å². The molecule has 30 heavy (non-hydrogen) atoms. The van der Waals surface area contributed by atoms with Crippen LogP contribution in [0.3, 0.4) is 0 Å². The van der Waals surface area contributed by atoms with Crippen LogP contribution in [0.15, 0.2) is 48.5 Å². The summed E-state index contributed by atoms with van der Waals surface area (Å²) in [5.74, 6) is 0.568. The Kier molecular flexibility index (Phi) is 6.07. The zero-order valence-corrected chi connectivity index (χ0v) is 17.9. The van der Waals surface area contributed by atoms with Gasteiger partial charge in [-0.25, -0.2) is 4.79 Å². The quantitative estimate of drug-likeness (QED) is 0.730. The Morgan fingerprint density at radius 2 is 1.77 bits per heavy atom. The maximum Gasteiger partial charge on any atom is 0.322 e. The monoisotopic (exact) mass is 405 g/mol. The van der Waals surface area contributed by atoms with Crippen LogP contribution in [0.2, 0.25) is 0 Å². The summed E-state index contributed by atoms with van der Waals surface area (Å²) in [7, 11) is 0. The second-order valence-corrected chi connectivity index (χ2v) is 8.62. The zero-order valence-electron chi connectivity index (χ0n) is 17.9. The number of urea groups is 1. The average molecular weight is 406 g/mol. The number of nitrogens with one attached hydrogen (secondary N) is 1. The van der Waals surface area contributed by atoms with Gasteiger partial charge in [0.2, 0.25) is 0 Å². The van der Waals surface area contributed by atoms with Gasteiger partial charge in [0.1, 0.15) is 0 Å². The van der Waals surface area contributed by atoms with E-state index in [0.717, 1.165) is 37.1 Å². The second kappa shape index (κ2) is 8.90. The summed E-state index contributed by atoms with van der Waals surface area (Å²) < 4.78 is 0. The number of likely N-dealkylation sites (tertiary alicyclic amines) is 1. The molecule has 0 radical (unpaired) electrons. The molecule has 3 amide bonds. The van der Waals surface area contributed by atoms with Crippen molar-refractivity contribution in [3.05, 3.63) is 65.2 Å². The Balaban J connectivity index is 1.58. The van der Waals surface area contributed by atoms with Crippen molar-refractivity contribution in [3.63, 3.8) is 0 Å². The van der Waals surface area contributed by atoms with E-state index in [-0.39, 0.29) is 18.0 Å². The highest BCUT2D eigenvalue weighted by Crippen LogP contribution is 2.36. The van der Waals surface area contributed by atoms with E-state index in [4.69, 9.17) is 0 Å². The average Bonchev–Trinajstić information content (AvgIpc) is 3.47. The summed E-state index contributed by atoms with van der Waals surface area (Å²) in [5, 5.41) is 3.11. The van der Waals surface area contributed by atoms with Crippen LogP contribution >= 0.6 is 0 Å². The largest absolute Gasteiger partial charge is 0.339 e. The van der Waals surface area contributed by atoms with Crippen LogP contribution in [-0.4, -0.2) is 40.9 Å². The van der Waals surface area contributed by atoms with Crippen molar-refractivity contribution in [3.8, 4) is 0 Å². The summed E-state index contributed by atoms with van der Waals surface area (Å²) >= 11 is 0. The third-order valence-corrected chi connectivity index (χ3v) is 6.38.